The number of hydrogen-bond acceptors (Lipinski definition) is 2. The smallest absolute Gasteiger partial charge is 0.233 e. The lowest BCUT2D eigenvalue weighted by atomic mass is 9.94. The van der Waals surface area contributed by atoms with E-state index in [0.29, 0.717) is 11.9 Å². The highest BCUT2D eigenvalue weighted by molar-refractivity contribution is 9.10. The van der Waals surface area contributed by atoms with Crippen LogP contribution in [0.3, 0.4) is 0 Å². The minimum Gasteiger partial charge on any atom is -0.380 e. The standard InChI is InChI=1S/C20H21BrN2O/c21-16-8-6-15(7-9-16)20(11-12-20)19(24)23-13-10-18(14-23)22-17-4-2-1-3-5-17/h1-9,18,22H,10-14H2. The first kappa shape index (κ1) is 15.7. The molecule has 1 aliphatic heterocycles. The van der Waals surface area contributed by atoms with Crippen molar-refractivity contribution in [1.29, 1.82) is 0 Å². The fourth-order valence-electron chi connectivity index (χ4n) is 3.66. The largest absolute Gasteiger partial charge is 0.380 e. The second-order valence-corrected chi connectivity index (χ2v) is 7.75. The number of para-hydroxylation sites is 1. The Morgan fingerprint density at radius 1 is 1.08 bits per heavy atom. The Morgan fingerprint density at radius 2 is 1.79 bits per heavy atom. The van der Waals surface area contributed by atoms with Crippen LogP contribution in [0.5, 0.6) is 0 Å². The van der Waals surface area contributed by atoms with Crippen LogP contribution in [0.1, 0.15) is 24.8 Å². The monoisotopic (exact) mass is 384 g/mol. The van der Waals surface area contributed by atoms with E-state index in [1.807, 2.05) is 30.3 Å². The van der Waals surface area contributed by atoms with Crippen molar-refractivity contribution >= 4 is 27.5 Å². The second kappa shape index (κ2) is 6.25. The summed E-state index contributed by atoms with van der Waals surface area (Å²) in [6.45, 7) is 1.65. The zero-order valence-electron chi connectivity index (χ0n) is 13.5. The van der Waals surface area contributed by atoms with E-state index in [2.05, 4.69) is 50.4 Å². The van der Waals surface area contributed by atoms with E-state index in [-0.39, 0.29) is 5.41 Å². The summed E-state index contributed by atoms with van der Waals surface area (Å²) in [5, 5.41) is 3.54. The predicted molar refractivity (Wildman–Crippen MR) is 100 cm³/mol. The van der Waals surface area contributed by atoms with E-state index in [1.165, 1.54) is 0 Å². The Kier molecular flexibility index (Phi) is 4.09. The van der Waals surface area contributed by atoms with Crippen LogP contribution in [0.4, 0.5) is 5.69 Å². The van der Waals surface area contributed by atoms with Gasteiger partial charge in [0.2, 0.25) is 5.91 Å². The number of halogens is 1. The number of rotatable bonds is 4. The van der Waals surface area contributed by atoms with Gasteiger partial charge in [-0.1, -0.05) is 46.3 Å². The van der Waals surface area contributed by atoms with Gasteiger partial charge in [0.1, 0.15) is 0 Å². The number of likely N-dealkylation sites (tertiary alicyclic amines) is 1. The lowest BCUT2D eigenvalue weighted by molar-refractivity contribution is -0.132. The molecule has 1 unspecified atom stereocenters. The fourth-order valence-corrected chi connectivity index (χ4v) is 3.92. The average Bonchev–Trinajstić information content (AvgIpc) is 3.29. The molecule has 0 bridgehead atoms. The summed E-state index contributed by atoms with van der Waals surface area (Å²) in [4.78, 5) is 15.2. The second-order valence-electron chi connectivity index (χ2n) is 6.84. The van der Waals surface area contributed by atoms with Crippen LogP contribution in [-0.4, -0.2) is 29.9 Å². The van der Waals surface area contributed by atoms with Crippen LogP contribution >= 0.6 is 15.9 Å². The van der Waals surface area contributed by atoms with Crippen molar-refractivity contribution in [2.75, 3.05) is 18.4 Å². The third kappa shape index (κ3) is 2.95. The molecule has 124 valence electrons. The highest BCUT2D eigenvalue weighted by atomic mass is 79.9. The summed E-state index contributed by atoms with van der Waals surface area (Å²) >= 11 is 3.47. The SMILES string of the molecule is O=C(N1CCC(Nc2ccccc2)C1)C1(c2ccc(Br)cc2)CC1. The summed E-state index contributed by atoms with van der Waals surface area (Å²) in [6.07, 6.45) is 2.96. The third-order valence-corrected chi connectivity index (χ3v) is 5.70. The van der Waals surface area contributed by atoms with Crippen LogP contribution in [0.2, 0.25) is 0 Å². The van der Waals surface area contributed by atoms with E-state index >= 15 is 0 Å². The molecule has 1 aliphatic carbocycles. The Labute approximate surface area is 151 Å². The molecule has 2 aliphatic rings. The van der Waals surface area contributed by atoms with Crippen LogP contribution < -0.4 is 5.32 Å². The summed E-state index contributed by atoms with van der Waals surface area (Å²) in [7, 11) is 0. The molecule has 4 heteroatoms. The Balaban J connectivity index is 1.43. The molecule has 4 rings (SSSR count). The first-order chi connectivity index (χ1) is 11.7. The van der Waals surface area contributed by atoms with Gasteiger partial charge in [-0.2, -0.15) is 0 Å². The van der Waals surface area contributed by atoms with Crippen molar-refractivity contribution in [3.63, 3.8) is 0 Å². The Hall–Kier alpha value is -1.81. The Morgan fingerprint density at radius 3 is 2.46 bits per heavy atom. The van der Waals surface area contributed by atoms with Gasteiger partial charge in [0.25, 0.3) is 0 Å². The third-order valence-electron chi connectivity index (χ3n) is 5.18. The predicted octanol–water partition coefficient (Wildman–Crippen LogP) is 4.19. The summed E-state index contributed by atoms with van der Waals surface area (Å²) in [5.41, 5.74) is 2.03. The highest BCUT2D eigenvalue weighted by Crippen LogP contribution is 2.50. The molecule has 1 amide bonds. The molecule has 24 heavy (non-hydrogen) atoms. The number of anilines is 1. The van der Waals surface area contributed by atoms with Gasteiger partial charge < -0.3 is 10.2 Å². The first-order valence-corrected chi connectivity index (χ1v) is 9.34. The van der Waals surface area contributed by atoms with E-state index in [4.69, 9.17) is 0 Å². The van der Waals surface area contributed by atoms with Crippen LogP contribution in [0.25, 0.3) is 0 Å². The molecule has 2 aromatic carbocycles. The molecule has 1 saturated heterocycles. The topological polar surface area (TPSA) is 32.3 Å². The van der Waals surface area contributed by atoms with Gasteiger partial charge in [-0.15, -0.1) is 0 Å². The molecule has 0 spiro atoms. The van der Waals surface area contributed by atoms with E-state index in [9.17, 15) is 4.79 Å². The number of nitrogens with zero attached hydrogens (tertiary/aromatic N) is 1. The van der Waals surface area contributed by atoms with Crippen molar-refractivity contribution < 1.29 is 4.79 Å². The molecule has 2 aromatic rings. The molecule has 2 fully saturated rings. The summed E-state index contributed by atoms with van der Waals surface area (Å²) in [6, 6.07) is 18.8. The van der Waals surface area contributed by atoms with E-state index < -0.39 is 0 Å². The number of benzene rings is 2. The summed E-state index contributed by atoms with van der Waals surface area (Å²) < 4.78 is 1.06. The molecule has 3 nitrogen and oxygen atoms in total. The molecular weight excluding hydrogens is 364 g/mol. The number of hydrogen-bond donors (Lipinski definition) is 1. The lowest BCUT2D eigenvalue weighted by Gasteiger charge is -2.24. The van der Waals surface area contributed by atoms with Crippen molar-refractivity contribution in [1.82, 2.24) is 4.90 Å². The number of carbonyl (C=O) groups excluding carboxylic acids is 1. The van der Waals surface area contributed by atoms with Gasteiger partial charge >= 0.3 is 0 Å². The van der Waals surface area contributed by atoms with Gasteiger partial charge in [-0.3, -0.25) is 4.79 Å². The molecule has 0 aromatic heterocycles. The molecule has 0 radical (unpaired) electrons. The fraction of sp³-hybridized carbons (Fsp3) is 0.350. The summed E-state index contributed by atoms with van der Waals surface area (Å²) in [5.74, 6) is 0.308. The molecule has 1 atom stereocenters. The highest BCUT2D eigenvalue weighted by Gasteiger charge is 2.53. The van der Waals surface area contributed by atoms with Gasteiger partial charge in [-0.05, 0) is 49.1 Å². The van der Waals surface area contributed by atoms with Gasteiger partial charge in [0, 0.05) is 29.3 Å². The quantitative estimate of drug-likeness (QED) is 0.856. The van der Waals surface area contributed by atoms with Crippen LogP contribution in [-0.2, 0) is 10.2 Å². The zero-order chi connectivity index (χ0) is 16.6. The minimum absolute atomic E-state index is 0.262. The van der Waals surface area contributed by atoms with Gasteiger partial charge in [0.05, 0.1) is 5.41 Å². The molecular formula is C20H21BrN2O. The molecule has 1 heterocycles. The lowest BCUT2D eigenvalue weighted by Crippen LogP contribution is -2.39. The van der Waals surface area contributed by atoms with Crippen LogP contribution in [0, 0.1) is 0 Å². The zero-order valence-corrected chi connectivity index (χ0v) is 15.1. The van der Waals surface area contributed by atoms with E-state index in [1.54, 1.807) is 0 Å². The average molecular weight is 385 g/mol. The molecule has 1 saturated carbocycles. The van der Waals surface area contributed by atoms with E-state index in [0.717, 1.165) is 48.1 Å². The number of nitrogens with one attached hydrogen (secondary N) is 1. The maximum atomic E-state index is 13.1. The first-order valence-electron chi connectivity index (χ1n) is 8.54. The van der Waals surface area contributed by atoms with Crippen molar-refractivity contribution in [2.24, 2.45) is 0 Å². The minimum atomic E-state index is -0.262. The number of amides is 1. The van der Waals surface area contributed by atoms with Crippen molar-refractivity contribution in [3.8, 4) is 0 Å². The Bertz CT molecular complexity index is 725. The van der Waals surface area contributed by atoms with Crippen LogP contribution in [0.15, 0.2) is 59.1 Å². The number of carbonyl (C=O) groups is 1. The van der Waals surface area contributed by atoms with Gasteiger partial charge in [-0.25, -0.2) is 0 Å². The van der Waals surface area contributed by atoms with Gasteiger partial charge in [0.15, 0.2) is 0 Å². The maximum absolute atomic E-state index is 13.1. The maximum Gasteiger partial charge on any atom is 0.233 e. The van der Waals surface area contributed by atoms with Crippen molar-refractivity contribution in [2.45, 2.75) is 30.7 Å². The normalized spacial score (nSPS) is 21.5. The van der Waals surface area contributed by atoms with Crippen molar-refractivity contribution in [3.05, 3.63) is 64.6 Å². The molecule has 1 N–H and O–H groups in total.